The number of para-hydroxylation sites is 5. The number of allylic oxidation sites excluding steroid dienone is 2. The molecule has 0 saturated carbocycles. The summed E-state index contributed by atoms with van der Waals surface area (Å²) in [5.74, 6) is 0.119. The van der Waals surface area contributed by atoms with Crippen molar-refractivity contribution in [1.29, 1.82) is 0 Å². The molecule has 17 aromatic rings. The Balaban J connectivity index is 0.859. The van der Waals surface area contributed by atoms with Crippen LogP contribution in [0, 0.1) is 0 Å². The molecule has 2 unspecified atom stereocenters. The van der Waals surface area contributed by atoms with Crippen LogP contribution >= 0.6 is 0 Å². The van der Waals surface area contributed by atoms with Gasteiger partial charge in [-0.25, -0.2) is 0 Å². The van der Waals surface area contributed by atoms with Gasteiger partial charge in [0.15, 0.2) is 0 Å². The van der Waals surface area contributed by atoms with Crippen molar-refractivity contribution in [2.45, 2.75) is 12.0 Å². The smallest absolute Gasteiger partial charge is 0.0629 e. The van der Waals surface area contributed by atoms with Crippen molar-refractivity contribution in [2.75, 3.05) is 19.6 Å². The molecule has 2 aliphatic rings. The maximum absolute atomic E-state index is 2.57. The highest BCUT2D eigenvalue weighted by Crippen LogP contribution is 2.53. The molecule has 2 atom stereocenters. The van der Waals surface area contributed by atoms with E-state index in [0.29, 0.717) is 0 Å². The van der Waals surface area contributed by atoms with Crippen LogP contribution in [0.5, 0.6) is 0 Å². The predicted octanol–water partition coefficient (Wildman–Crippen LogP) is 24.5. The number of aromatic nitrogens is 2. The van der Waals surface area contributed by atoms with Crippen LogP contribution in [0.4, 0.5) is 62.6 Å². The Kier molecular flexibility index (Phi) is 12.9. The lowest BCUT2D eigenvalue weighted by Crippen LogP contribution is -2.28. The Morgan fingerprint density at radius 3 is 1.04 bits per heavy atom. The molecule has 0 spiro atoms. The second kappa shape index (κ2) is 22.6. The molecule has 3 heterocycles. The van der Waals surface area contributed by atoms with Crippen LogP contribution in [0.2, 0.25) is 0 Å². The lowest BCUT2D eigenvalue weighted by atomic mass is 9.91. The zero-order chi connectivity index (χ0) is 63.2. The second-order valence-electron chi connectivity index (χ2n) is 25.2. The number of rotatable bonds is 12. The van der Waals surface area contributed by atoms with E-state index < -0.39 is 0 Å². The number of fused-ring (bicyclic) bond motifs is 12. The largest absolute Gasteiger partial charge is 0.333 e. The molecule has 19 rings (SSSR count). The van der Waals surface area contributed by atoms with Crippen molar-refractivity contribution in [2.24, 2.45) is 0 Å². The molecule has 0 saturated heterocycles. The van der Waals surface area contributed by atoms with Gasteiger partial charge < -0.3 is 28.7 Å². The summed E-state index contributed by atoms with van der Waals surface area (Å²) in [5.41, 5.74) is 19.8. The molecule has 0 amide bonds. The van der Waals surface area contributed by atoms with E-state index in [1.807, 2.05) is 0 Å². The van der Waals surface area contributed by atoms with Gasteiger partial charge in [-0.3, -0.25) is 0 Å². The van der Waals surface area contributed by atoms with E-state index in [1.165, 1.54) is 70.8 Å². The fraction of sp³-hybridized carbons (Fsp3) is 0.0222. The highest BCUT2D eigenvalue weighted by Gasteiger charge is 2.39. The topological polar surface area (TPSA) is 22.8 Å². The summed E-state index contributed by atoms with van der Waals surface area (Å²) in [6.07, 6.45) is 9.22. The Bertz CT molecular complexity index is 5690. The molecule has 96 heavy (non-hydrogen) atoms. The molecular weight excluding hydrogens is 1170 g/mol. The molecule has 452 valence electrons. The fourth-order valence-corrected chi connectivity index (χ4v) is 15.7. The van der Waals surface area contributed by atoms with Gasteiger partial charge in [0.2, 0.25) is 0 Å². The van der Waals surface area contributed by atoms with Crippen LogP contribution in [0.15, 0.2) is 364 Å². The van der Waals surface area contributed by atoms with Gasteiger partial charge in [-0.1, -0.05) is 224 Å². The number of hydrogen-bond acceptors (Lipinski definition) is 4. The molecule has 1 aliphatic heterocycles. The van der Waals surface area contributed by atoms with Crippen molar-refractivity contribution in [3.8, 4) is 11.4 Å². The lowest BCUT2D eigenvalue weighted by molar-refractivity contribution is 0.746. The third kappa shape index (κ3) is 8.94. The van der Waals surface area contributed by atoms with Gasteiger partial charge in [-0.15, -0.1) is 0 Å². The number of benzene rings is 15. The molecule has 2 aromatic heterocycles. The summed E-state index contributed by atoms with van der Waals surface area (Å²) in [6, 6.07) is 125. The summed E-state index contributed by atoms with van der Waals surface area (Å²) in [6.45, 7) is 0. The van der Waals surface area contributed by atoms with E-state index in [1.54, 1.807) is 0 Å². The zero-order valence-electron chi connectivity index (χ0n) is 52.5. The number of anilines is 11. The molecule has 6 heteroatoms. The summed E-state index contributed by atoms with van der Waals surface area (Å²) in [7, 11) is 0. The first kappa shape index (κ1) is 55.0. The van der Waals surface area contributed by atoms with Crippen molar-refractivity contribution >= 4 is 138 Å². The first-order valence-electron chi connectivity index (χ1n) is 33.1. The van der Waals surface area contributed by atoms with Crippen molar-refractivity contribution in [3.63, 3.8) is 0 Å². The van der Waals surface area contributed by atoms with Crippen molar-refractivity contribution in [1.82, 2.24) is 9.13 Å². The monoisotopic (exact) mass is 1230 g/mol. The molecule has 0 bridgehead atoms. The molecule has 0 fully saturated rings. The van der Waals surface area contributed by atoms with Crippen LogP contribution in [-0.4, -0.2) is 15.2 Å². The minimum Gasteiger partial charge on any atom is -0.333 e. The SMILES string of the molecule is C1=CC2c3cc(N(c4ccccc4)c4cc(N(c5ccccc5)c5ccc6c(c5)c5ccccc5n6-c5cccc6ccccc56)cc(N(c5ccccc5)c5ccc6c(c5)c5ccccc5n6-c5cccc6ccccc56)c4)ccc3N(c3cccc4ccccc34)C2C=C1. The van der Waals surface area contributed by atoms with Gasteiger partial charge in [-0.2, -0.15) is 0 Å². The molecule has 0 radical (unpaired) electrons. The second-order valence-corrected chi connectivity index (χ2v) is 25.2. The Morgan fingerprint density at radius 2 is 0.573 bits per heavy atom. The van der Waals surface area contributed by atoms with E-state index in [4.69, 9.17) is 0 Å². The molecule has 0 N–H and O–H groups in total. The third-order valence-corrected chi connectivity index (χ3v) is 19.9. The first-order valence-corrected chi connectivity index (χ1v) is 33.1. The maximum Gasteiger partial charge on any atom is 0.0629 e. The number of hydrogen-bond donors (Lipinski definition) is 0. The first-order chi connectivity index (χ1) is 47.6. The van der Waals surface area contributed by atoms with Crippen LogP contribution in [0.1, 0.15) is 11.5 Å². The molecule has 1 aliphatic carbocycles. The summed E-state index contributed by atoms with van der Waals surface area (Å²) >= 11 is 0. The van der Waals surface area contributed by atoms with Crippen LogP contribution in [-0.2, 0) is 0 Å². The van der Waals surface area contributed by atoms with E-state index >= 15 is 0 Å². The number of nitrogens with zero attached hydrogens (tertiary/aromatic N) is 6. The van der Waals surface area contributed by atoms with Crippen LogP contribution < -0.4 is 19.6 Å². The third-order valence-electron chi connectivity index (χ3n) is 19.9. The average Bonchev–Trinajstić information content (AvgIpc) is 1.56. The van der Waals surface area contributed by atoms with Crippen molar-refractivity contribution in [3.05, 3.63) is 370 Å². The minimum atomic E-state index is 0.0989. The van der Waals surface area contributed by atoms with Crippen LogP contribution in [0.25, 0.3) is 87.3 Å². The highest BCUT2D eigenvalue weighted by atomic mass is 15.2. The van der Waals surface area contributed by atoms with Crippen molar-refractivity contribution < 1.29 is 0 Å². The van der Waals surface area contributed by atoms with Gasteiger partial charge in [0, 0.05) is 89.1 Å². The molecule has 15 aromatic carbocycles. The quantitative estimate of drug-likeness (QED) is 0.122. The zero-order valence-corrected chi connectivity index (χ0v) is 52.5. The van der Waals surface area contributed by atoms with Gasteiger partial charge in [-0.05, 0) is 161 Å². The average molecular weight is 1230 g/mol. The standard InChI is InChI=1S/C90H62N6/c1-4-31-64(32-5-1)91(67-49-52-88-79(58-67)76-40-16-19-43-85(76)94(88)82-46-22-28-61-25-10-13-37-73(61)82)70-55-71(92(65-33-6-2-7-34-65)68-50-53-89-80(59-68)77-41-17-20-44-86(77)95(89)83-47-23-29-62-26-11-14-38-74(62)83)57-72(56-70)93(66-35-8-3-9-36-66)69-51-54-90-81(60-69)78-42-18-21-45-87(78)96(90)84-48-24-30-63-27-12-15-39-75(63)84/h1-60,76,85H. The summed E-state index contributed by atoms with van der Waals surface area (Å²) in [4.78, 5) is 9.95. The van der Waals surface area contributed by atoms with E-state index in [-0.39, 0.29) is 12.0 Å². The summed E-state index contributed by atoms with van der Waals surface area (Å²) < 4.78 is 4.90. The van der Waals surface area contributed by atoms with Crippen LogP contribution in [0.3, 0.4) is 0 Å². The van der Waals surface area contributed by atoms with E-state index in [2.05, 4.69) is 393 Å². The predicted molar refractivity (Wildman–Crippen MR) is 405 cm³/mol. The van der Waals surface area contributed by atoms with E-state index in [0.717, 1.165) is 84.6 Å². The van der Waals surface area contributed by atoms with Gasteiger partial charge >= 0.3 is 0 Å². The Morgan fingerprint density at radius 1 is 0.219 bits per heavy atom. The van der Waals surface area contributed by atoms with E-state index in [9.17, 15) is 0 Å². The van der Waals surface area contributed by atoms with Gasteiger partial charge in [0.05, 0.1) is 56.5 Å². The molecular formula is C90H62N6. The van der Waals surface area contributed by atoms with Gasteiger partial charge in [0.1, 0.15) is 0 Å². The molecule has 6 nitrogen and oxygen atoms in total. The normalized spacial score (nSPS) is 14.1. The maximum atomic E-state index is 2.57. The highest BCUT2D eigenvalue weighted by molar-refractivity contribution is 6.14. The van der Waals surface area contributed by atoms with Gasteiger partial charge in [0.25, 0.3) is 0 Å². The fourth-order valence-electron chi connectivity index (χ4n) is 15.7. The minimum absolute atomic E-state index is 0.0989. The Hall–Kier alpha value is -12.6. The lowest BCUT2D eigenvalue weighted by Gasteiger charge is -2.33. The summed E-state index contributed by atoms with van der Waals surface area (Å²) in [5, 5.41) is 12.0. The Labute approximate surface area is 556 Å².